The van der Waals surface area contributed by atoms with Gasteiger partial charge < -0.3 is 10.1 Å². The minimum atomic E-state index is -2.68. The van der Waals surface area contributed by atoms with Crippen LogP contribution in [0.2, 0.25) is 0 Å². The molecule has 0 spiro atoms. The lowest BCUT2D eigenvalue weighted by Crippen LogP contribution is -2.12. The molecule has 3 aromatic rings. The summed E-state index contributed by atoms with van der Waals surface area (Å²) >= 11 is 0. The average molecular weight is 430 g/mol. The lowest BCUT2D eigenvalue weighted by molar-refractivity contribution is 0.285. The summed E-state index contributed by atoms with van der Waals surface area (Å²) in [6, 6.07) is 9.80. The first kappa shape index (κ1) is 20.2. The van der Waals surface area contributed by atoms with Crippen molar-refractivity contribution < 1.29 is 17.7 Å². The van der Waals surface area contributed by atoms with Crippen molar-refractivity contribution in [2.75, 3.05) is 18.2 Å². The quantitative estimate of drug-likeness (QED) is 0.614. The van der Waals surface area contributed by atoms with E-state index in [-0.39, 0.29) is 23.2 Å². The van der Waals surface area contributed by atoms with Crippen LogP contribution in [0.3, 0.4) is 0 Å². The van der Waals surface area contributed by atoms with Crippen LogP contribution in [-0.2, 0) is 21.9 Å². The Balaban J connectivity index is 1.68. The van der Waals surface area contributed by atoms with E-state index in [1.807, 2.05) is 0 Å². The van der Waals surface area contributed by atoms with E-state index in [1.165, 1.54) is 18.4 Å². The van der Waals surface area contributed by atoms with E-state index < -0.39 is 15.5 Å². The van der Waals surface area contributed by atoms with Crippen molar-refractivity contribution in [3.63, 3.8) is 0 Å². The molecule has 2 N–H and O–H groups in total. The molecule has 2 heterocycles. The van der Waals surface area contributed by atoms with E-state index in [0.29, 0.717) is 42.0 Å². The molecule has 2 aromatic carbocycles. The summed E-state index contributed by atoms with van der Waals surface area (Å²) in [5, 5.41) is 3.00. The van der Waals surface area contributed by atoms with E-state index in [4.69, 9.17) is 9.52 Å². The zero-order valence-electron chi connectivity index (χ0n) is 16.2. The predicted octanol–water partition coefficient (Wildman–Crippen LogP) is 4.67. The number of hydrogen-bond acceptors (Lipinski definition) is 6. The maximum absolute atomic E-state index is 14.6. The molecule has 0 radical (unpaired) electrons. The van der Waals surface area contributed by atoms with Gasteiger partial charge in [-0.05, 0) is 42.7 Å². The molecule has 9 heteroatoms. The molecule has 0 fully saturated rings. The smallest absolute Gasteiger partial charge is 0.227 e. The van der Waals surface area contributed by atoms with Crippen LogP contribution in [0.4, 0.5) is 20.4 Å². The van der Waals surface area contributed by atoms with Gasteiger partial charge in [0.2, 0.25) is 5.95 Å². The Morgan fingerprint density at radius 3 is 2.87 bits per heavy atom. The van der Waals surface area contributed by atoms with Crippen molar-refractivity contribution in [2.24, 2.45) is 0 Å². The summed E-state index contributed by atoms with van der Waals surface area (Å²) in [4.78, 5) is 8.27. The molecule has 0 amide bonds. The molecule has 0 bridgehead atoms. The molecule has 4 rings (SSSR count). The van der Waals surface area contributed by atoms with Crippen molar-refractivity contribution in [2.45, 2.75) is 18.6 Å². The van der Waals surface area contributed by atoms with Gasteiger partial charge in [-0.3, -0.25) is 4.78 Å². The van der Waals surface area contributed by atoms with Gasteiger partial charge >= 0.3 is 0 Å². The monoisotopic (exact) mass is 430 g/mol. The Labute approximate surface area is 173 Å². The van der Waals surface area contributed by atoms with E-state index in [2.05, 4.69) is 15.3 Å². The highest BCUT2D eigenvalue weighted by Gasteiger charge is 2.22. The van der Waals surface area contributed by atoms with Gasteiger partial charge in [0.1, 0.15) is 17.3 Å². The van der Waals surface area contributed by atoms with Gasteiger partial charge in [0, 0.05) is 32.8 Å². The fourth-order valence-electron chi connectivity index (χ4n) is 3.41. The third-order valence-corrected chi connectivity index (χ3v) is 5.53. The van der Waals surface area contributed by atoms with E-state index in [9.17, 15) is 13.0 Å². The van der Waals surface area contributed by atoms with Crippen LogP contribution in [0.1, 0.15) is 17.5 Å². The third kappa shape index (κ3) is 4.40. The van der Waals surface area contributed by atoms with E-state index in [0.717, 1.165) is 11.8 Å². The first-order valence-electron chi connectivity index (χ1n) is 9.35. The second-order valence-corrected chi connectivity index (χ2v) is 9.52. The number of nitrogens with one attached hydrogen (secondary N) is 2. The summed E-state index contributed by atoms with van der Waals surface area (Å²) in [6.07, 6.45) is 3.66. The number of aromatic nitrogens is 2. The summed E-state index contributed by atoms with van der Waals surface area (Å²) in [7, 11) is -2.68. The van der Waals surface area contributed by atoms with Crippen LogP contribution < -0.4 is 10.1 Å². The number of hydrogen-bond donors (Lipinski definition) is 2. The van der Waals surface area contributed by atoms with Crippen LogP contribution >= 0.6 is 0 Å². The Bertz CT molecular complexity index is 1220. The van der Waals surface area contributed by atoms with E-state index >= 15 is 0 Å². The number of nitrogens with zero attached hydrogens (tertiary/aromatic N) is 2. The number of ether oxygens (including phenoxy) is 1. The van der Waals surface area contributed by atoms with Gasteiger partial charge in [-0.15, -0.1) is 0 Å². The lowest BCUT2D eigenvalue weighted by atomic mass is 9.99. The highest BCUT2D eigenvalue weighted by atomic mass is 32.2. The van der Waals surface area contributed by atoms with Gasteiger partial charge in [0.25, 0.3) is 0 Å². The molecule has 156 valence electrons. The zero-order chi connectivity index (χ0) is 21.3. The molecule has 0 aliphatic carbocycles. The summed E-state index contributed by atoms with van der Waals surface area (Å²) in [5.74, 6) is -0.422. The van der Waals surface area contributed by atoms with Gasteiger partial charge in [-0.1, -0.05) is 12.1 Å². The van der Waals surface area contributed by atoms with Crippen molar-refractivity contribution in [3.8, 4) is 17.0 Å². The van der Waals surface area contributed by atoms with Crippen molar-refractivity contribution in [1.82, 2.24) is 9.97 Å². The van der Waals surface area contributed by atoms with Gasteiger partial charge in [0.05, 0.1) is 18.6 Å². The third-order valence-electron chi connectivity index (χ3n) is 4.65. The number of anilines is 2. The van der Waals surface area contributed by atoms with Crippen LogP contribution in [-0.4, -0.2) is 27.0 Å². The molecular formula is C21H20F2N4O2S. The number of rotatable bonds is 5. The number of fused-ring (bicyclic) bond motifs is 1. The number of halogens is 2. The number of benzene rings is 2. The minimum absolute atomic E-state index is 0.0181. The molecule has 1 unspecified atom stereocenters. The van der Waals surface area contributed by atoms with Crippen molar-refractivity contribution >= 4 is 21.4 Å². The molecule has 1 atom stereocenters. The fraction of sp³-hybridized carbons (Fsp3) is 0.238. The van der Waals surface area contributed by atoms with Crippen molar-refractivity contribution in [1.29, 1.82) is 4.78 Å². The Morgan fingerprint density at radius 2 is 2.07 bits per heavy atom. The SMILES string of the molecule is CS(=N)(=O)Cc1cccc(Nc2ncc(F)c(-c3ccc(F)c4c3OCCC4)n2)c1. The van der Waals surface area contributed by atoms with Gasteiger partial charge in [-0.25, -0.2) is 23.0 Å². The second kappa shape index (κ2) is 7.98. The van der Waals surface area contributed by atoms with Crippen LogP contribution in [0.5, 0.6) is 5.75 Å². The molecule has 0 saturated carbocycles. The lowest BCUT2D eigenvalue weighted by Gasteiger charge is -2.21. The average Bonchev–Trinajstić information content (AvgIpc) is 2.69. The largest absolute Gasteiger partial charge is 0.492 e. The van der Waals surface area contributed by atoms with Gasteiger partial charge in [-0.2, -0.15) is 0 Å². The molecule has 1 aliphatic heterocycles. The molecule has 30 heavy (non-hydrogen) atoms. The first-order chi connectivity index (χ1) is 14.3. The van der Waals surface area contributed by atoms with Crippen LogP contribution in [0.15, 0.2) is 42.6 Å². The fourth-order valence-corrected chi connectivity index (χ4v) is 4.23. The summed E-state index contributed by atoms with van der Waals surface area (Å²) in [5.41, 5.74) is 2.17. The zero-order valence-corrected chi connectivity index (χ0v) is 17.1. The maximum atomic E-state index is 14.6. The maximum Gasteiger partial charge on any atom is 0.227 e. The topological polar surface area (TPSA) is 88.0 Å². The normalized spacial score (nSPS) is 15.0. The summed E-state index contributed by atoms with van der Waals surface area (Å²) < 4.78 is 53.7. The van der Waals surface area contributed by atoms with E-state index in [1.54, 1.807) is 24.3 Å². The van der Waals surface area contributed by atoms with Crippen LogP contribution in [0.25, 0.3) is 11.3 Å². The highest BCUT2D eigenvalue weighted by molar-refractivity contribution is 7.90. The molecule has 6 nitrogen and oxygen atoms in total. The molecule has 1 aromatic heterocycles. The Kier molecular flexibility index (Phi) is 5.38. The first-order valence-corrected chi connectivity index (χ1v) is 11.5. The Morgan fingerprint density at radius 1 is 1.23 bits per heavy atom. The van der Waals surface area contributed by atoms with Crippen molar-refractivity contribution in [3.05, 3.63) is 65.4 Å². The predicted molar refractivity (Wildman–Crippen MR) is 111 cm³/mol. The highest BCUT2D eigenvalue weighted by Crippen LogP contribution is 2.38. The molecule has 0 saturated heterocycles. The minimum Gasteiger partial charge on any atom is -0.492 e. The summed E-state index contributed by atoms with van der Waals surface area (Å²) in [6.45, 7) is 0.435. The van der Waals surface area contributed by atoms with Crippen LogP contribution in [0, 0.1) is 16.4 Å². The molecular weight excluding hydrogens is 410 g/mol. The molecule has 1 aliphatic rings. The standard InChI is InChI=1S/C21H20F2N4O2S/c1-30(24,28)12-13-4-2-5-14(10-13)26-21-25-11-18(23)19(27-21)16-7-8-17(22)15-6-3-9-29-20(15)16/h2,4-5,7-8,10-11,24H,3,6,9,12H2,1H3,(H,25,26,27). The second-order valence-electron chi connectivity index (χ2n) is 7.22. The Hall–Kier alpha value is -3.07. The van der Waals surface area contributed by atoms with Gasteiger partial charge in [0.15, 0.2) is 5.82 Å².